The number of hydrogen-bond donors (Lipinski definition) is 1. The van der Waals surface area contributed by atoms with E-state index in [2.05, 4.69) is 27.1 Å². The van der Waals surface area contributed by atoms with Crippen LogP contribution in [-0.2, 0) is 17.7 Å². The third-order valence-corrected chi connectivity index (χ3v) is 7.29. The monoisotopic (exact) mass is 528 g/mol. The number of aryl methyl sites for hydroxylation is 1. The molecule has 0 radical (unpaired) electrons. The molecule has 1 aliphatic heterocycles. The quantitative estimate of drug-likeness (QED) is 0.483. The van der Waals surface area contributed by atoms with Crippen LogP contribution in [0.1, 0.15) is 55.8 Å². The Morgan fingerprint density at radius 1 is 1.16 bits per heavy atom. The minimum Gasteiger partial charge on any atom is -0.450 e. The van der Waals surface area contributed by atoms with Crippen LogP contribution in [0.4, 0.5) is 15.4 Å². The maximum absolute atomic E-state index is 13.6. The third-order valence-electron chi connectivity index (χ3n) is 7.04. The van der Waals surface area contributed by atoms with Gasteiger partial charge in [-0.15, -0.1) is 0 Å². The van der Waals surface area contributed by atoms with Gasteiger partial charge in [0.05, 0.1) is 6.61 Å². The van der Waals surface area contributed by atoms with E-state index in [1.807, 2.05) is 36.1 Å². The number of carbonyl (C=O) groups excluding carboxylic acids is 2. The Morgan fingerprint density at radius 3 is 2.65 bits per heavy atom. The molecule has 3 amide bonds. The predicted octanol–water partition coefficient (Wildman–Crippen LogP) is 4.45. The largest absolute Gasteiger partial charge is 0.450 e. The van der Waals surface area contributed by atoms with Crippen LogP contribution >= 0.6 is 11.6 Å². The molecule has 1 aromatic carbocycles. The third kappa shape index (κ3) is 7.03. The van der Waals surface area contributed by atoms with Crippen molar-refractivity contribution >= 4 is 29.5 Å². The molecule has 1 N–H and O–H groups in total. The molecule has 0 spiro atoms. The molecule has 1 unspecified atom stereocenters. The minimum absolute atomic E-state index is 0.0444. The molecule has 4 rings (SSSR count). The summed E-state index contributed by atoms with van der Waals surface area (Å²) in [5, 5.41) is 3.42. The van der Waals surface area contributed by atoms with Crippen molar-refractivity contribution in [2.45, 2.75) is 52.0 Å². The summed E-state index contributed by atoms with van der Waals surface area (Å²) in [6.07, 6.45) is 5.12. The van der Waals surface area contributed by atoms with Gasteiger partial charge < -0.3 is 24.8 Å². The number of alkyl carbamates (subject to hydrolysis) is 1. The van der Waals surface area contributed by atoms with E-state index in [0.717, 1.165) is 55.8 Å². The number of urea groups is 1. The number of nitrogens with one attached hydrogen (secondary N) is 1. The van der Waals surface area contributed by atoms with Gasteiger partial charge in [0.15, 0.2) is 0 Å². The number of nitrogens with zero attached hydrogens (tertiary/aromatic N) is 5. The zero-order valence-corrected chi connectivity index (χ0v) is 22.5. The Labute approximate surface area is 224 Å². The number of piperazine rings is 1. The van der Waals surface area contributed by atoms with E-state index in [0.29, 0.717) is 50.3 Å². The number of halogens is 1. The van der Waals surface area contributed by atoms with Crippen LogP contribution in [0.5, 0.6) is 0 Å². The first-order chi connectivity index (χ1) is 18.0. The summed E-state index contributed by atoms with van der Waals surface area (Å²) in [6, 6.07) is 7.44. The maximum atomic E-state index is 13.6. The van der Waals surface area contributed by atoms with E-state index in [1.165, 1.54) is 5.56 Å². The molecule has 0 bridgehead atoms. The van der Waals surface area contributed by atoms with Crippen LogP contribution < -0.4 is 10.2 Å². The fourth-order valence-corrected chi connectivity index (χ4v) is 5.02. The lowest BCUT2D eigenvalue weighted by atomic mass is 10.1. The summed E-state index contributed by atoms with van der Waals surface area (Å²) in [7, 11) is 0. The number of amides is 3. The average Bonchev–Trinajstić information content (AvgIpc) is 3.30. The topological polar surface area (TPSA) is 90.9 Å². The molecule has 1 aliphatic carbocycles. The molecule has 1 aromatic heterocycles. The molecular formula is C27H37ClN6O3. The number of rotatable bonds is 9. The van der Waals surface area contributed by atoms with Crippen LogP contribution in [0.15, 0.2) is 30.6 Å². The predicted molar refractivity (Wildman–Crippen MR) is 144 cm³/mol. The number of benzene rings is 1. The Balaban J connectivity index is 1.37. The van der Waals surface area contributed by atoms with E-state index < -0.39 is 6.09 Å². The standard InChI is InChI=1S/C27H37ClN6O3/c1-3-4-17-37-26(35)29-11-12-34(18-21-6-8-22(28)9-7-21)27(36)33-15-13-32(14-16-33)25-24-20(2)5-10-23(24)30-19-31-25/h6-9,19-20H,3-5,10-18H2,1-2H3,(H,29,35). The average molecular weight is 529 g/mol. The Morgan fingerprint density at radius 2 is 1.92 bits per heavy atom. The molecular weight excluding hydrogens is 492 g/mol. The van der Waals surface area contributed by atoms with Crippen molar-refractivity contribution in [2.75, 3.05) is 50.8 Å². The van der Waals surface area contributed by atoms with Crippen molar-refractivity contribution in [1.82, 2.24) is 25.1 Å². The molecule has 0 saturated carbocycles. The van der Waals surface area contributed by atoms with Gasteiger partial charge in [0.2, 0.25) is 0 Å². The van der Waals surface area contributed by atoms with Gasteiger partial charge in [-0.05, 0) is 42.9 Å². The minimum atomic E-state index is -0.451. The molecule has 1 saturated heterocycles. The molecule has 9 nitrogen and oxygen atoms in total. The van der Waals surface area contributed by atoms with Gasteiger partial charge in [0.25, 0.3) is 0 Å². The Kier molecular flexibility index (Phi) is 9.44. The number of unbranched alkanes of at least 4 members (excludes halogenated alkanes) is 1. The Hall–Kier alpha value is -3.07. The first-order valence-corrected chi connectivity index (χ1v) is 13.6. The molecule has 37 heavy (non-hydrogen) atoms. The fourth-order valence-electron chi connectivity index (χ4n) is 4.89. The van der Waals surface area contributed by atoms with Crippen molar-refractivity contribution in [2.24, 2.45) is 0 Å². The lowest BCUT2D eigenvalue weighted by molar-refractivity contribution is 0.136. The highest BCUT2D eigenvalue weighted by Crippen LogP contribution is 2.37. The van der Waals surface area contributed by atoms with E-state index in [1.54, 1.807) is 11.2 Å². The summed E-state index contributed by atoms with van der Waals surface area (Å²) in [5.74, 6) is 1.48. The fraction of sp³-hybridized carbons (Fsp3) is 0.556. The van der Waals surface area contributed by atoms with Gasteiger partial charge in [0.1, 0.15) is 12.1 Å². The summed E-state index contributed by atoms with van der Waals surface area (Å²) < 4.78 is 5.17. The van der Waals surface area contributed by atoms with Gasteiger partial charge >= 0.3 is 12.1 Å². The summed E-state index contributed by atoms with van der Waals surface area (Å²) in [5.41, 5.74) is 3.40. The number of ether oxygens (including phenoxy) is 1. The first kappa shape index (κ1) is 27.0. The molecule has 1 atom stereocenters. The van der Waals surface area contributed by atoms with Crippen LogP contribution in [0.3, 0.4) is 0 Å². The van der Waals surface area contributed by atoms with Gasteiger partial charge in [-0.1, -0.05) is 44.0 Å². The highest BCUT2D eigenvalue weighted by molar-refractivity contribution is 6.30. The second-order valence-corrected chi connectivity index (χ2v) is 10.2. The second kappa shape index (κ2) is 12.9. The van der Waals surface area contributed by atoms with Crippen molar-refractivity contribution in [3.8, 4) is 0 Å². The highest BCUT2D eigenvalue weighted by Gasteiger charge is 2.30. The van der Waals surface area contributed by atoms with E-state index in [-0.39, 0.29) is 6.03 Å². The Bertz CT molecular complexity index is 1060. The molecule has 2 aliphatic rings. The maximum Gasteiger partial charge on any atom is 0.407 e. The number of carbonyl (C=O) groups is 2. The van der Waals surface area contributed by atoms with Crippen molar-refractivity contribution < 1.29 is 14.3 Å². The number of hydrogen-bond acceptors (Lipinski definition) is 6. The van der Waals surface area contributed by atoms with E-state index in [4.69, 9.17) is 16.3 Å². The molecule has 10 heteroatoms. The summed E-state index contributed by atoms with van der Waals surface area (Å²) >= 11 is 6.05. The number of aromatic nitrogens is 2. The van der Waals surface area contributed by atoms with Crippen LogP contribution in [-0.4, -0.2) is 77.8 Å². The lowest BCUT2D eigenvalue weighted by Crippen LogP contribution is -2.54. The van der Waals surface area contributed by atoms with E-state index >= 15 is 0 Å². The van der Waals surface area contributed by atoms with Crippen molar-refractivity contribution in [1.29, 1.82) is 0 Å². The highest BCUT2D eigenvalue weighted by atomic mass is 35.5. The zero-order valence-electron chi connectivity index (χ0n) is 21.8. The van der Waals surface area contributed by atoms with Gasteiger partial charge in [-0.2, -0.15) is 0 Å². The van der Waals surface area contributed by atoms with Crippen LogP contribution in [0.2, 0.25) is 5.02 Å². The smallest absolute Gasteiger partial charge is 0.407 e. The lowest BCUT2D eigenvalue weighted by Gasteiger charge is -2.38. The SMILES string of the molecule is CCCCOC(=O)NCCN(Cc1ccc(Cl)cc1)C(=O)N1CCN(c2ncnc3c2C(C)CC3)CC1. The summed E-state index contributed by atoms with van der Waals surface area (Å²) in [6.45, 7) is 8.45. The van der Waals surface area contributed by atoms with Crippen LogP contribution in [0, 0.1) is 0 Å². The molecule has 2 heterocycles. The number of anilines is 1. The molecule has 1 fully saturated rings. The van der Waals surface area contributed by atoms with Gasteiger partial charge in [-0.3, -0.25) is 0 Å². The normalized spacial score (nSPS) is 16.9. The molecule has 2 aromatic rings. The number of fused-ring (bicyclic) bond motifs is 1. The molecule has 200 valence electrons. The van der Waals surface area contributed by atoms with Crippen LogP contribution in [0.25, 0.3) is 0 Å². The van der Waals surface area contributed by atoms with Crippen molar-refractivity contribution in [3.05, 3.63) is 52.4 Å². The van der Waals surface area contributed by atoms with E-state index in [9.17, 15) is 9.59 Å². The second-order valence-electron chi connectivity index (χ2n) is 9.72. The van der Waals surface area contributed by atoms with Crippen molar-refractivity contribution in [3.63, 3.8) is 0 Å². The summed E-state index contributed by atoms with van der Waals surface area (Å²) in [4.78, 5) is 40.6. The van der Waals surface area contributed by atoms with Gasteiger partial charge in [-0.25, -0.2) is 19.6 Å². The zero-order chi connectivity index (χ0) is 26.2. The first-order valence-electron chi connectivity index (χ1n) is 13.2. The van der Waals surface area contributed by atoms with Gasteiger partial charge in [0, 0.05) is 62.1 Å².